The Kier molecular flexibility index (Phi) is 3.89. The highest BCUT2D eigenvalue weighted by molar-refractivity contribution is 5.52. The molecule has 0 spiro atoms. The third-order valence-corrected chi connectivity index (χ3v) is 3.42. The molecular formula is C17H17N3O2. The van der Waals surface area contributed by atoms with Crippen molar-refractivity contribution in [2.75, 3.05) is 19.0 Å². The van der Waals surface area contributed by atoms with Crippen LogP contribution in [0.15, 0.2) is 59.0 Å². The minimum Gasteiger partial charge on any atom is -0.417 e. The van der Waals surface area contributed by atoms with E-state index in [1.165, 1.54) is 0 Å². The Balaban J connectivity index is 1.83. The van der Waals surface area contributed by atoms with Gasteiger partial charge in [-0.3, -0.25) is 0 Å². The van der Waals surface area contributed by atoms with Gasteiger partial charge < -0.3 is 14.4 Å². The van der Waals surface area contributed by atoms with E-state index in [0.29, 0.717) is 11.5 Å². The van der Waals surface area contributed by atoms with Crippen molar-refractivity contribution in [1.29, 1.82) is 0 Å². The number of benzene rings is 2. The highest BCUT2D eigenvalue weighted by atomic mass is 16.4. The smallest absolute Gasteiger partial charge is 0.249 e. The standard InChI is InChI=1S/C17H17N3O2/c1-20(2)14-10-8-12(9-11-14)15(21)17-19-18-16(22-17)13-6-4-3-5-7-13/h3-11,15,21H,1-2H3/t15-/m0/s1. The summed E-state index contributed by atoms with van der Waals surface area (Å²) in [6, 6.07) is 17.1. The lowest BCUT2D eigenvalue weighted by Crippen LogP contribution is -2.08. The summed E-state index contributed by atoms with van der Waals surface area (Å²) in [5, 5.41) is 18.3. The molecule has 0 saturated carbocycles. The van der Waals surface area contributed by atoms with Gasteiger partial charge in [-0.1, -0.05) is 30.3 Å². The first-order valence-corrected chi connectivity index (χ1v) is 6.99. The van der Waals surface area contributed by atoms with Crippen molar-refractivity contribution in [3.63, 3.8) is 0 Å². The molecule has 22 heavy (non-hydrogen) atoms. The molecule has 5 heteroatoms. The maximum absolute atomic E-state index is 10.4. The Hall–Kier alpha value is -2.66. The number of aromatic nitrogens is 2. The van der Waals surface area contributed by atoms with Gasteiger partial charge in [-0.25, -0.2) is 0 Å². The lowest BCUT2D eigenvalue weighted by atomic mass is 10.1. The molecule has 0 fully saturated rings. The van der Waals surface area contributed by atoms with Crippen molar-refractivity contribution < 1.29 is 9.52 Å². The fourth-order valence-corrected chi connectivity index (χ4v) is 2.14. The van der Waals surface area contributed by atoms with Crippen LogP contribution in [0.3, 0.4) is 0 Å². The monoisotopic (exact) mass is 295 g/mol. The van der Waals surface area contributed by atoms with E-state index in [1.54, 1.807) is 0 Å². The number of aliphatic hydroxyl groups is 1. The highest BCUT2D eigenvalue weighted by Gasteiger charge is 2.18. The molecule has 0 aliphatic heterocycles. The molecule has 0 saturated heterocycles. The summed E-state index contributed by atoms with van der Waals surface area (Å²) in [7, 11) is 3.94. The number of rotatable bonds is 4. The fraction of sp³-hybridized carbons (Fsp3) is 0.176. The van der Waals surface area contributed by atoms with Crippen LogP contribution in [0.1, 0.15) is 17.6 Å². The molecule has 112 valence electrons. The third-order valence-electron chi connectivity index (χ3n) is 3.42. The van der Waals surface area contributed by atoms with Crippen LogP contribution >= 0.6 is 0 Å². The largest absolute Gasteiger partial charge is 0.417 e. The van der Waals surface area contributed by atoms with E-state index in [2.05, 4.69) is 10.2 Å². The molecule has 1 heterocycles. The lowest BCUT2D eigenvalue weighted by Gasteiger charge is -2.13. The third kappa shape index (κ3) is 2.84. The molecule has 0 unspecified atom stereocenters. The van der Waals surface area contributed by atoms with Crippen LogP contribution in [0.5, 0.6) is 0 Å². The fourth-order valence-electron chi connectivity index (χ4n) is 2.14. The van der Waals surface area contributed by atoms with E-state index in [-0.39, 0.29) is 5.89 Å². The van der Waals surface area contributed by atoms with E-state index in [4.69, 9.17) is 4.42 Å². The van der Waals surface area contributed by atoms with Crippen LogP contribution < -0.4 is 4.90 Å². The van der Waals surface area contributed by atoms with E-state index in [0.717, 1.165) is 11.3 Å². The zero-order valence-corrected chi connectivity index (χ0v) is 12.5. The molecule has 3 aromatic rings. The summed E-state index contributed by atoms with van der Waals surface area (Å²) in [4.78, 5) is 2.00. The van der Waals surface area contributed by atoms with Gasteiger partial charge >= 0.3 is 0 Å². The summed E-state index contributed by atoms with van der Waals surface area (Å²) >= 11 is 0. The predicted octanol–water partition coefficient (Wildman–Crippen LogP) is 2.88. The van der Waals surface area contributed by atoms with Gasteiger partial charge in [-0.05, 0) is 29.8 Å². The molecule has 0 aliphatic rings. The number of nitrogens with zero attached hydrogens (tertiary/aromatic N) is 3. The number of aliphatic hydroxyl groups excluding tert-OH is 1. The van der Waals surface area contributed by atoms with Gasteiger partial charge in [0.2, 0.25) is 11.8 Å². The first kappa shape index (κ1) is 14.3. The molecule has 0 radical (unpaired) electrons. The first-order valence-electron chi connectivity index (χ1n) is 6.99. The molecule has 1 N–H and O–H groups in total. The van der Waals surface area contributed by atoms with Crippen LogP contribution in [0.2, 0.25) is 0 Å². The van der Waals surface area contributed by atoms with Crippen LogP contribution in [0.25, 0.3) is 11.5 Å². The second-order valence-corrected chi connectivity index (χ2v) is 5.20. The van der Waals surface area contributed by atoms with Gasteiger partial charge in [0.1, 0.15) is 0 Å². The molecule has 3 rings (SSSR count). The quantitative estimate of drug-likeness (QED) is 0.802. The van der Waals surface area contributed by atoms with Gasteiger partial charge in [-0.2, -0.15) is 0 Å². The topological polar surface area (TPSA) is 62.4 Å². The van der Waals surface area contributed by atoms with Crippen molar-refractivity contribution in [3.8, 4) is 11.5 Å². The van der Waals surface area contributed by atoms with Crippen molar-refractivity contribution >= 4 is 5.69 Å². The minimum atomic E-state index is -0.929. The van der Waals surface area contributed by atoms with Crippen LogP contribution in [0.4, 0.5) is 5.69 Å². The molecule has 0 amide bonds. The number of hydrogen-bond acceptors (Lipinski definition) is 5. The average molecular weight is 295 g/mol. The molecular weight excluding hydrogens is 278 g/mol. The Labute approximate surface area is 128 Å². The summed E-state index contributed by atoms with van der Waals surface area (Å²) in [5.41, 5.74) is 2.61. The Morgan fingerprint density at radius 2 is 1.64 bits per heavy atom. The summed E-state index contributed by atoms with van der Waals surface area (Å²) in [5.74, 6) is 0.594. The van der Waals surface area contributed by atoms with Crippen molar-refractivity contribution in [2.24, 2.45) is 0 Å². The van der Waals surface area contributed by atoms with E-state index < -0.39 is 6.10 Å². The maximum atomic E-state index is 10.4. The molecule has 1 atom stereocenters. The normalized spacial score (nSPS) is 12.1. The van der Waals surface area contributed by atoms with Crippen LogP contribution in [0, 0.1) is 0 Å². The second-order valence-electron chi connectivity index (χ2n) is 5.20. The average Bonchev–Trinajstić information content (AvgIpc) is 3.05. The highest BCUT2D eigenvalue weighted by Crippen LogP contribution is 2.25. The minimum absolute atomic E-state index is 0.191. The van der Waals surface area contributed by atoms with Crippen LogP contribution in [-0.2, 0) is 0 Å². The van der Waals surface area contributed by atoms with Gasteiger partial charge in [0.15, 0.2) is 6.10 Å². The summed E-state index contributed by atoms with van der Waals surface area (Å²) in [6.45, 7) is 0. The van der Waals surface area contributed by atoms with Crippen molar-refractivity contribution in [2.45, 2.75) is 6.10 Å². The Morgan fingerprint density at radius 3 is 2.27 bits per heavy atom. The number of anilines is 1. The van der Waals surface area contributed by atoms with E-state index in [1.807, 2.05) is 73.6 Å². The van der Waals surface area contributed by atoms with Gasteiger partial charge in [-0.15, -0.1) is 10.2 Å². The molecule has 0 aliphatic carbocycles. The number of hydrogen-bond donors (Lipinski definition) is 1. The van der Waals surface area contributed by atoms with E-state index >= 15 is 0 Å². The zero-order chi connectivity index (χ0) is 15.5. The van der Waals surface area contributed by atoms with Crippen LogP contribution in [-0.4, -0.2) is 29.4 Å². The molecule has 0 bridgehead atoms. The molecule has 1 aromatic heterocycles. The Bertz CT molecular complexity index is 736. The predicted molar refractivity (Wildman–Crippen MR) is 84.6 cm³/mol. The first-order chi connectivity index (χ1) is 10.6. The van der Waals surface area contributed by atoms with E-state index in [9.17, 15) is 5.11 Å². The van der Waals surface area contributed by atoms with Crippen molar-refractivity contribution in [3.05, 3.63) is 66.1 Å². The maximum Gasteiger partial charge on any atom is 0.249 e. The molecule has 2 aromatic carbocycles. The Morgan fingerprint density at radius 1 is 0.955 bits per heavy atom. The van der Waals surface area contributed by atoms with Gasteiger partial charge in [0, 0.05) is 25.3 Å². The zero-order valence-electron chi connectivity index (χ0n) is 12.5. The SMILES string of the molecule is CN(C)c1ccc([C@H](O)c2nnc(-c3ccccc3)o2)cc1. The molecule has 5 nitrogen and oxygen atoms in total. The summed E-state index contributed by atoms with van der Waals surface area (Å²) < 4.78 is 5.58. The lowest BCUT2D eigenvalue weighted by molar-refractivity contribution is 0.183. The van der Waals surface area contributed by atoms with Crippen molar-refractivity contribution in [1.82, 2.24) is 10.2 Å². The summed E-state index contributed by atoms with van der Waals surface area (Å²) in [6.07, 6.45) is -0.929. The van der Waals surface area contributed by atoms with Gasteiger partial charge in [0.25, 0.3) is 0 Å². The van der Waals surface area contributed by atoms with Gasteiger partial charge in [0.05, 0.1) is 0 Å². The second kappa shape index (κ2) is 5.99.